The van der Waals surface area contributed by atoms with Crippen LogP contribution in [-0.4, -0.2) is 19.2 Å². The molecule has 0 unspecified atom stereocenters. The Morgan fingerprint density at radius 1 is 1.35 bits per heavy atom. The van der Waals surface area contributed by atoms with Gasteiger partial charge in [-0.3, -0.25) is 0 Å². The molecule has 3 nitrogen and oxygen atoms in total. The zero-order valence-corrected chi connectivity index (χ0v) is 10.5. The Morgan fingerprint density at radius 2 is 2.06 bits per heavy atom. The van der Waals surface area contributed by atoms with Crippen molar-refractivity contribution in [2.45, 2.75) is 31.8 Å². The Morgan fingerprint density at radius 3 is 2.65 bits per heavy atom. The van der Waals surface area contributed by atoms with Gasteiger partial charge in [-0.15, -0.1) is 0 Å². The van der Waals surface area contributed by atoms with Crippen molar-refractivity contribution in [3.8, 4) is 5.75 Å². The molecule has 0 aliphatic heterocycles. The lowest BCUT2D eigenvalue weighted by molar-refractivity contribution is 0.0600. The normalized spacial score (nSPS) is 15.9. The van der Waals surface area contributed by atoms with Crippen LogP contribution in [0.4, 0.5) is 0 Å². The van der Waals surface area contributed by atoms with E-state index in [1.54, 1.807) is 18.2 Å². The van der Waals surface area contributed by atoms with Gasteiger partial charge < -0.3 is 9.47 Å². The van der Waals surface area contributed by atoms with Crippen LogP contribution in [-0.2, 0) is 4.74 Å². The van der Waals surface area contributed by atoms with Gasteiger partial charge in [-0.2, -0.15) is 0 Å². The van der Waals surface area contributed by atoms with Crippen molar-refractivity contribution in [1.29, 1.82) is 0 Å². The number of methoxy groups -OCH3 is 1. The summed E-state index contributed by atoms with van der Waals surface area (Å²) in [7, 11) is 1.35. The van der Waals surface area contributed by atoms with E-state index < -0.39 is 0 Å². The number of hydrogen-bond donors (Lipinski definition) is 0. The summed E-state index contributed by atoms with van der Waals surface area (Å²) in [4.78, 5) is 11.3. The molecule has 1 aliphatic carbocycles. The van der Waals surface area contributed by atoms with Gasteiger partial charge in [-0.05, 0) is 43.9 Å². The Balaban J connectivity index is 2.10. The lowest BCUT2D eigenvalue weighted by Gasteiger charge is -2.14. The van der Waals surface area contributed by atoms with Crippen molar-refractivity contribution in [3.05, 3.63) is 28.8 Å². The van der Waals surface area contributed by atoms with Gasteiger partial charge in [0.25, 0.3) is 0 Å². The van der Waals surface area contributed by atoms with Crippen molar-refractivity contribution < 1.29 is 14.3 Å². The lowest BCUT2D eigenvalue weighted by Crippen LogP contribution is -2.11. The van der Waals surface area contributed by atoms with E-state index in [2.05, 4.69) is 4.74 Å². The van der Waals surface area contributed by atoms with Crippen LogP contribution in [0.25, 0.3) is 0 Å². The highest BCUT2D eigenvalue weighted by Gasteiger charge is 2.18. The number of hydrogen-bond acceptors (Lipinski definition) is 3. The number of halogens is 1. The fraction of sp³-hybridized carbons (Fsp3) is 0.462. The molecule has 0 bridgehead atoms. The van der Waals surface area contributed by atoms with E-state index in [4.69, 9.17) is 16.3 Å². The number of carbonyl (C=O) groups excluding carboxylic acids is 1. The Hall–Kier alpha value is -1.22. The fourth-order valence-corrected chi connectivity index (χ4v) is 2.25. The number of benzene rings is 1. The van der Waals surface area contributed by atoms with Crippen molar-refractivity contribution in [2.75, 3.05) is 7.11 Å². The predicted octanol–water partition coefficient (Wildman–Crippen LogP) is 3.45. The van der Waals surface area contributed by atoms with Crippen LogP contribution in [0.5, 0.6) is 5.75 Å². The van der Waals surface area contributed by atoms with E-state index in [0.29, 0.717) is 16.3 Å². The summed E-state index contributed by atoms with van der Waals surface area (Å²) in [5.74, 6) is 0.255. The first-order valence-corrected chi connectivity index (χ1v) is 6.13. The topological polar surface area (TPSA) is 35.5 Å². The van der Waals surface area contributed by atoms with E-state index in [1.165, 1.54) is 20.0 Å². The average Bonchev–Trinajstić information content (AvgIpc) is 2.83. The van der Waals surface area contributed by atoms with Crippen molar-refractivity contribution in [3.63, 3.8) is 0 Å². The van der Waals surface area contributed by atoms with E-state index in [9.17, 15) is 4.79 Å². The molecule has 0 heterocycles. The maximum Gasteiger partial charge on any atom is 0.337 e. The maximum absolute atomic E-state index is 11.3. The van der Waals surface area contributed by atoms with Gasteiger partial charge in [0.1, 0.15) is 5.75 Å². The van der Waals surface area contributed by atoms with Gasteiger partial charge >= 0.3 is 5.97 Å². The molecule has 2 rings (SSSR count). The van der Waals surface area contributed by atoms with Crippen LogP contribution in [0.1, 0.15) is 36.0 Å². The van der Waals surface area contributed by atoms with Gasteiger partial charge in [0.2, 0.25) is 0 Å². The largest absolute Gasteiger partial charge is 0.489 e. The molecular formula is C13H15ClO3. The van der Waals surface area contributed by atoms with Gasteiger partial charge in [0, 0.05) is 0 Å². The van der Waals surface area contributed by atoms with Crippen LogP contribution < -0.4 is 4.74 Å². The quantitative estimate of drug-likeness (QED) is 0.775. The number of carbonyl (C=O) groups is 1. The molecule has 1 aromatic carbocycles. The second-order valence-electron chi connectivity index (χ2n) is 4.16. The molecule has 0 saturated heterocycles. The molecule has 0 radical (unpaired) electrons. The van der Waals surface area contributed by atoms with E-state index in [-0.39, 0.29) is 12.1 Å². The zero-order valence-electron chi connectivity index (χ0n) is 9.74. The van der Waals surface area contributed by atoms with E-state index in [1.807, 2.05) is 0 Å². The highest BCUT2D eigenvalue weighted by Crippen LogP contribution is 2.30. The van der Waals surface area contributed by atoms with Crippen LogP contribution in [0.2, 0.25) is 5.02 Å². The van der Waals surface area contributed by atoms with Gasteiger partial charge in [-0.1, -0.05) is 11.6 Å². The first-order valence-electron chi connectivity index (χ1n) is 5.75. The highest BCUT2D eigenvalue weighted by atomic mass is 35.5. The Bertz CT molecular complexity index is 411. The molecule has 0 spiro atoms. The minimum atomic E-state index is -0.390. The second kappa shape index (κ2) is 5.41. The van der Waals surface area contributed by atoms with E-state index in [0.717, 1.165) is 12.8 Å². The number of rotatable bonds is 3. The molecular weight excluding hydrogens is 240 g/mol. The summed E-state index contributed by atoms with van der Waals surface area (Å²) < 4.78 is 10.4. The minimum absolute atomic E-state index is 0.261. The highest BCUT2D eigenvalue weighted by molar-refractivity contribution is 6.32. The zero-order chi connectivity index (χ0) is 12.3. The van der Waals surface area contributed by atoms with Crippen molar-refractivity contribution in [2.24, 2.45) is 0 Å². The molecule has 0 atom stereocenters. The van der Waals surface area contributed by atoms with Gasteiger partial charge in [0.15, 0.2) is 0 Å². The van der Waals surface area contributed by atoms with Crippen molar-refractivity contribution in [1.82, 2.24) is 0 Å². The van der Waals surface area contributed by atoms with Crippen LogP contribution in [0, 0.1) is 0 Å². The summed E-state index contributed by atoms with van der Waals surface area (Å²) in [5.41, 5.74) is 0.441. The monoisotopic (exact) mass is 254 g/mol. The molecule has 1 aromatic rings. The summed E-state index contributed by atoms with van der Waals surface area (Å²) in [6.07, 6.45) is 4.84. The maximum atomic E-state index is 11.3. The summed E-state index contributed by atoms with van der Waals surface area (Å²) in [6.45, 7) is 0. The second-order valence-corrected chi connectivity index (χ2v) is 4.57. The third-order valence-corrected chi connectivity index (χ3v) is 3.24. The minimum Gasteiger partial charge on any atom is -0.489 e. The van der Waals surface area contributed by atoms with Crippen LogP contribution >= 0.6 is 11.6 Å². The summed E-state index contributed by atoms with van der Waals surface area (Å²) in [6, 6.07) is 4.98. The fourth-order valence-electron chi connectivity index (χ4n) is 2.03. The van der Waals surface area contributed by atoms with Crippen molar-refractivity contribution >= 4 is 17.6 Å². The number of ether oxygens (including phenoxy) is 2. The smallest absolute Gasteiger partial charge is 0.337 e. The third-order valence-electron chi connectivity index (χ3n) is 2.95. The molecule has 4 heteroatoms. The summed E-state index contributed by atoms with van der Waals surface area (Å²) in [5, 5.41) is 0.458. The summed E-state index contributed by atoms with van der Waals surface area (Å²) >= 11 is 6.08. The average molecular weight is 255 g/mol. The number of esters is 1. The van der Waals surface area contributed by atoms with Crippen LogP contribution in [0.15, 0.2) is 18.2 Å². The van der Waals surface area contributed by atoms with E-state index >= 15 is 0 Å². The third kappa shape index (κ3) is 2.91. The standard InChI is InChI=1S/C13H15ClO3/c1-16-13(15)9-6-7-12(11(14)8-9)17-10-4-2-3-5-10/h6-8,10H,2-5H2,1H3. The Labute approximate surface area is 106 Å². The first kappa shape index (κ1) is 12.2. The molecule has 1 saturated carbocycles. The van der Waals surface area contributed by atoms with Crippen LogP contribution in [0.3, 0.4) is 0 Å². The molecule has 1 aliphatic rings. The molecule has 17 heavy (non-hydrogen) atoms. The SMILES string of the molecule is COC(=O)c1ccc(OC2CCCC2)c(Cl)c1. The molecule has 0 aromatic heterocycles. The Kier molecular flexibility index (Phi) is 3.89. The molecule has 0 amide bonds. The van der Waals surface area contributed by atoms with Gasteiger partial charge in [-0.25, -0.2) is 4.79 Å². The first-order chi connectivity index (χ1) is 8.20. The molecule has 1 fully saturated rings. The molecule has 0 N–H and O–H groups in total. The van der Waals surface area contributed by atoms with Gasteiger partial charge in [0.05, 0.1) is 23.8 Å². The lowest BCUT2D eigenvalue weighted by atomic mass is 10.2. The predicted molar refractivity (Wildman–Crippen MR) is 65.7 cm³/mol. The molecule has 92 valence electrons.